The number of nitrogens with one attached hydrogen (secondary N) is 2. The summed E-state index contributed by atoms with van der Waals surface area (Å²) < 4.78 is 34.6. The third-order valence-corrected chi connectivity index (χ3v) is 6.82. The van der Waals surface area contributed by atoms with Crippen molar-refractivity contribution in [3.05, 3.63) is 72.3 Å². The number of ether oxygens (including phenoxy) is 1. The first-order valence-corrected chi connectivity index (χ1v) is 11.9. The van der Waals surface area contributed by atoms with Gasteiger partial charge in [-0.25, -0.2) is 22.8 Å². The Labute approximate surface area is 186 Å². The van der Waals surface area contributed by atoms with Crippen LogP contribution in [-0.4, -0.2) is 48.3 Å². The molecular formula is C22H25N5O4S. The highest BCUT2D eigenvalue weighted by Crippen LogP contribution is 2.17. The molecule has 4 rings (SSSR count). The van der Waals surface area contributed by atoms with Gasteiger partial charge < -0.3 is 10.1 Å². The maximum Gasteiger partial charge on any atom is 0.251 e. The van der Waals surface area contributed by atoms with E-state index in [1.807, 2.05) is 31.2 Å². The molecule has 1 aromatic heterocycles. The summed E-state index contributed by atoms with van der Waals surface area (Å²) in [4.78, 5) is 16.7. The smallest absolute Gasteiger partial charge is 0.251 e. The molecular weight excluding hydrogens is 430 g/mol. The monoisotopic (exact) mass is 455 g/mol. The van der Waals surface area contributed by atoms with E-state index in [9.17, 15) is 13.2 Å². The van der Waals surface area contributed by atoms with Crippen LogP contribution in [0.25, 0.3) is 5.69 Å². The number of rotatable bonds is 8. The molecule has 1 aliphatic heterocycles. The van der Waals surface area contributed by atoms with Crippen molar-refractivity contribution in [3.8, 4) is 5.69 Å². The normalized spacial score (nSPS) is 17.2. The fourth-order valence-electron chi connectivity index (χ4n) is 3.50. The largest absolute Gasteiger partial charge is 0.377 e. The van der Waals surface area contributed by atoms with Crippen LogP contribution in [0.1, 0.15) is 41.7 Å². The average Bonchev–Trinajstić information content (AvgIpc) is 3.52. The van der Waals surface area contributed by atoms with E-state index < -0.39 is 10.0 Å². The van der Waals surface area contributed by atoms with E-state index in [1.165, 1.54) is 30.6 Å². The first kappa shape index (κ1) is 22.1. The molecule has 2 heterocycles. The fourth-order valence-corrected chi connectivity index (χ4v) is 4.56. The lowest BCUT2D eigenvalue weighted by Crippen LogP contribution is -2.32. The van der Waals surface area contributed by atoms with Crippen molar-refractivity contribution in [3.63, 3.8) is 0 Å². The summed E-state index contributed by atoms with van der Waals surface area (Å²) in [6, 6.07) is 13.3. The minimum absolute atomic E-state index is 0.0819. The Balaban J connectivity index is 1.35. The summed E-state index contributed by atoms with van der Waals surface area (Å²) in [5.41, 5.74) is 2.18. The van der Waals surface area contributed by atoms with Gasteiger partial charge >= 0.3 is 0 Å². The highest BCUT2D eigenvalue weighted by molar-refractivity contribution is 7.89. The second kappa shape index (κ2) is 9.60. The van der Waals surface area contributed by atoms with Crippen LogP contribution < -0.4 is 10.0 Å². The number of carbonyl (C=O) groups excluding carboxylic acids is 1. The van der Waals surface area contributed by atoms with Crippen molar-refractivity contribution in [2.45, 2.75) is 36.8 Å². The van der Waals surface area contributed by atoms with Gasteiger partial charge in [0.2, 0.25) is 10.0 Å². The molecule has 0 aliphatic carbocycles. The van der Waals surface area contributed by atoms with E-state index in [-0.39, 0.29) is 29.5 Å². The van der Waals surface area contributed by atoms with E-state index in [0.717, 1.165) is 24.1 Å². The van der Waals surface area contributed by atoms with Gasteiger partial charge in [0.15, 0.2) is 0 Å². The minimum atomic E-state index is -3.65. The standard InChI is InChI=1S/C22H25N5O4S/c1-16(17-4-8-19(9-5-17)27-15-23-14-24-27)26-22(28)18-6-10-21(11-7-18)32(29,30)25-13-20-3-2-12-31-20/h4-11,14-16,20,25H,2-3,12-13H2,1H3,(H,26,28). The molecule has 1 fully saturated rings. The van der Waals surface area contributed by atoms with Crippen LogP contribution in [0.15, 0.2) is 66.1 Å². The lowest BCUT2D eigenvalue weighted by Gasteiger charge is -2.15. The van der Waals surface area contributed by atoms with Crippen molar-refractivity contribution in [2.24, 2.45) is 0 Å². The zero-order valence-corrected chi connectivity index (χ0v) is 18.5. The summed E-state index contributed by atoms with van der Waals surface area (Å²) in [7, 11) is -3.65. The highest BCUT2D eigenvalue weighted by atomic mass is 32.2. The summed E-state index contributed by atoms with van der Waals surface area (Å²) >= 11 is 0. The second-order valence-corrected chi connectivity index (χ2v) is 9.40. The van der Waals surface area contributed by atoms with E-state index in [2.05, 4.69) is 20.1 Å². The lowest BCUT2D eigenvalue weighted by atomic mass is 10.1. The molecule has 0 saturated carbocycles. The van der Waals surface area contributed by atoms with Gasteiger partial charge in [0, 0.05) is 18.7 Å². The molecule has 0 spiro atoms. The molecule has 0 bridgehead atoms. The first-order chi connectivity index (χ1) is 15.4. The van der Waals surface area contributed by atoms with Crippen LogP contribution in [0, 0.1) is 0 Å². The Morgan fingerprint density at radius 2 is 1.94 bits per heavy atom. The van der Waals surface area contributed by atoms with Gasteiger partial charge in [0.05, 0.1) is 22.7 Å². The molecule has 2 atom stereocenters. The molecule has 168 valence electrons. The van der Waals surface area contributed by atoms with Gasteiger partial charge in [-0.05, 0) is 61.7 Å². The van der Waals surface area contributed by atoms with Crippen molar-refractivity contribution in [2.75, 3.05) is 13.2 Å². The van der Waals surface area contributed by atoms with Gasteiger partial charge in [-0.2, -0.15) is 5.10 Å². The molecule has 2 unspecified atom stereocenters. The van der Waals surface area contributed by atoms with E-state index in [4.69, 9.17) is 4.74 Å². The van der Waals surface area contributed by atoms with E-state index in [0.29, 0.717) is 12.2 Å². The molecule has 0 radical (unpaired) electrons. The molecule has 32 heavy (non-hydrogen) atoms. The quantitative estimate of drug-likeness (QED) is 0.538. The maximum atomic E-state index is 12.6. The number of aromatic nitrogens is 3. The third-order valence-electron chi connectivity index (χ3n) is 5.38. The Morgan fingerprint density at radius 1 is 1.19 bits per heavy atom. The Kier molecular flexibility index (Phi) is 6.63. The molecule has 1 amide bonds. The number of sulfonamides is 1. The van der Waals surface area contributed by atoms with Crippen LogP contribution in [-0.2, 0) is 14.8 Å². The average molecular weight is 456 g/mol. The Morgan fingerprint density at radius 3 is 2.56 bits per heavy atom. The van der Waals surface area contributed by atoms with Gasteiger partial charge in [-0.1, -0.05) is 12.1 Å². The van der Waals surface area contributed by atoms with Crippen molar-refractivity contribution < 1.29 is 17.9 Å². The van der Waals surface area contributed by atoms with E-state index in [1.54, 1.807) is 11.0 Å². The number of benzene rings is 2. The number of amides is 1. The first-order valence-electron chi connectivity index (χ1n) is 10.4. The molecule has 2 N–H and O–H groups in total. The van der Waals surface area contributed by atoms with Crippen LogP contribution in [0.2, 0.25) is 0 Å². The fraction of sp³-hybridized carbons (Fsp3) is 0.318. The van der Waals surface area contributed by atoms with Crippen molar-refractivity contribution >= 4 is 15.9 Å². The van der Waals surface area contributed by atoms with Gasteiger partial charge in [-0.3, -0.25) is 4.79 Å². The molecule has 10 heteroatoms. The van der Waals surface area contributed by atoms with Crippen LogP contribution in [0.5, 0.6) is 0 Å². The van der Waals surface area contributed by atoms with Crippen LogP contribution in [0.4, 0.5) is 0 Å². The molecule has 9 nitrogen and oxygen atoms in total. The zero-order chi connectivity index (χ0) is 22.6. The second-order valence-electron chi connectivity index (χ2n) is 7.64. The highest BCUT2D eigenvalue weighted by Gasteiger charge is 2.21. The minimum Gasteiger partial charge on any atom is -0.377 e. The summed E-state index contributed by atoms with van der Waals surface area (Å²) in [5, 5.41) is 7.02. The van der Waals surface area contributed by atoms with Crippen molar-refractivity contribution in [1.82, 2.24) is 24.8 Å². The zero-order valence-electron chi connectivity index (χ0n) is 17.6. The third kappa shape index (κ3) is 5.21. The maximum absolute atomic E-state index is 12.6. The van der Waals surface area contributed by atoms with E-state index >= 15 is 0 Å². The molecule has 1 aliphatic rings. The predicted octanol–water partition coefficient (Wildman–Crippen LogP) is 2.22. The predicted molar refractivity (Wildman–Crippen MR) is 118 cm³/mol. The SMILES string of the molecule is CC(NC(=O)c1ccc(S(=O)(=O)NCC2CCCO2)cc1)c1ccc(-n2cncn2)cc1. The van der Waals surface area contributed by atoms with Crippen LogP contribution in [0.3, 0.4) is 0 Å². The molecule has 1 saturated heterocycles. The summed E-state index contributed by atoms with van der Waals surface area (Å²) in [6.07, 6.45) is 4.79. The lowest BCUT2D eigenvalue weighted by molar-refractivity contribution is 0.0939. The summed E-state index contributed by atoms with van der Waals surface area (Å²) in [6.45, 7) is 2.80. The van der Waals surface area contributed by atoms with Gasteiger partial charge in [0.1, 0.15) is 12.7 Å². The molecule has 2 aromatic carbocycles. The number of nitrogens with zero attached hydrogens (tertiary/aromatic N) is 3. The summed E-state index contributed by atoms with van der Waals surface area (Å²) in [5.74, 6) is -0.283. The topological polar surface area (TPSA) is 115 Å². The number of hydrogen-bond donors (Lipinski definition) is 2. The van der Waals surface area contributed by atoms with Crippen LogP contribution >= 0.6 is 0 Å². The Hall–Kier alpha value is -3.08. The van der Waals surface area contributed by atoms with Gasteiger partial charge in [-0.15, -0.1) is 0 Å². The van der Waals surface area contributed by atoms with Crippen molar-refractivity contribution in [1.29, 1.82) is 0 Å². The van der Waals surface area contributed by atoms with Gasteiger partial charge in [0.25, 0.3) is 5.91 Å². The molecule has 3 aromatic rings. The Bertz CT molecular complexity index is 1140. The number of carbonyl (C=O) groups is 1. The number of hydrogen-bond acceptors (Lipinski definition) is 6.